The fraction of sp³-hybridized carbons (Fsp3) is 0.400. The van der Waals surface area contributed by atoms with Crippen LogP contribution in [-0.2, 0) is 6.54 Å². The van der Waals surface area contributed by atoms with E-state index in [-0.39, 0.29) is 0 Å². The summed E-state index contributed by atoms with van der Waals surface area (Å²) in [5, 5.41) is 4.45. The molecule has 1 aromatic rings. The summed E-state index contributed by atoms with van der Waals surface area (Å²) in [4.78, 5) is 0. The highest BCUT2D eigenvalue weighted by Gasteiger charge is 1.92. The molecule has 0 spiro atoms. The molecule has 0 unspecified atom stereocenters. The average Bonchev–Trinajstić information content (AvgIpc) is 2.13. The quantitative estimate of drug-likeness (QED) is 0.650. The van der Waals surface area contributed by atoms with Crippen molar-refractivity contribution in [3.05, 3.63) is 34.3 Å². The molecule has 0 fully saturated rings. The molecule has 1 N–H and O–H groups in total. The van der Waals surface area contributed by atoms with E-state index >= 15 is 0 Å². The molecule has 72 valence electrons. The minimum absolute atomic E-state index is 0.951. The smallest absolute Gasteiger partial charge is 0.0205 e. The van der Waals surface area contributed by atoms with Crippen LogP contribution in [0.2, 0.25) is 0 Å². The zero-order chi connectivity index (χ0) is 9.52. The summed E-state index contributed by atoms with van der Waals surface area (Å²) in [6.45, 7) is 2.02. The van der Waals surface area contributed by atoms with Crippen molar-refractivity contribution >= 4 is 31.9 Å². The van der Waals surface area contributed by atoms with Crippen molar-refractivity contribution in [2.45, 2.75) is 13.0 Å². The molecule has 0 aliphatic rings. The average molecular weight is 307 g/mol. The molecule has 0 aliphatic heterocycles. The maximum atomic E-state index is 3.45. The van der Waals surface area contributed by atoms with E-state index in [1.165, 1.54) is 12.0 Å². The Labute approximate surface area is 96.2 Å². The van der Waals surface area contributed by atoms with Gasteiger partial charge < -0.3 is 5.32 Å². The standard InChI is InChI=1S/C10H13Br2N/c11-5-2-6-13-8-9-3-1-4-10(12)7-9/h1,3-4,7,13H,2,5-6,8H2. The molecule has 1 aromatic carbocycles. The fourth-order valence-corrected chi connectivity index (χ4v) is 1.80. The first kappa shape index (κ1) is 11.2. The highest BCUT2D eigenvalue weighted by molar-refractivity contribution is 9.10. The maximum Gasteiger partial charge on any atom is 0.0205 e. The van der Waals surface area contributed by atoms with Gasteiger partial charge in [-0.05, 0) is 30.7 Å². The largest absolute Gasteiger partial charge is 0.313 e. The molecular formula is C10H13Br2N. The van der Waals surface area contributed by atoms with Gasteiger partial charge in [-0.1, -0.05) is 44.0 Å². The SMILES string of the molecule is BrCCCNCc1cccc(Br)c1. The Kier molecular flexibility index (Phi) is 5.67. The van der Waals surface area contributed by atoms with Gasteiger partial charge in [0.1, 0.15) is 0 Å². The van der Waals surface area contributed by atoms with Crippen molar-refractivity contribution in [1.29, 1.82) is 0 Å². The number of hydrogen-bond acceptors (Lipinski definition) is 1. The molecule has 3 heteroatoms. The monoisotopic (exact) mass is 305 g/mol. The van der Waals surface area contributed by atoms with E-state index in [0.717, 1.165) is 22.9 Å². The summed E-state index contributed by atoms with van der Waals surface area (Å²) in [5.74, 6) is 0. The Morgan fingerprint density at radius 3 is 2.85 bits per heavy atom. The molecule has 0 saturated carbocycles. The Morgan fingerprint density at radius 1 is 1.31 bits per heavy atom. The van der Waals surface area contributed by atoms with E-state index in [2.05, 4.69) is 55.4 Å². The van der Waals surface area contributed by atoms with Crippen LogP contribution in [0.1, 0.15) is 12.0 Å². The van der Waals surface area contributed by atoms with Crippen LogP contribution in [-0.4, -0.2) is 11.9 Å². The Morgan fingerprint density at radius 2 is 2.15 bits per heavy atom. The van der Waals surface area contributed by atoms with Crippen LogP contribution < -0.4 is 5.32 Å². The van der Waals surface area contributed by atoms with Gasteiger partial charge in [0.15, 0.2) is 0 Å². The van der Waals surface area contributed by atoms with Gasteiger partial charge in [-0.15, -0.1) is 0 Å². The van der Waals surface area contributed by atoms with Crippen molar-refractivity contribution in [3.63, 3.8) is 0 Å². The van der Waals surface area contributed by atoms with Crippen LogP contribution in [0.3, 0.4) is 0 Å². The van der Waals surface area contributed by atoms with E-state index in [9.17, 15) is 0 Å². The van der Waals surface area contributed by atoms with Crippen molar-refractivity contribution in [2.24, 2.45) is 0 Å². The van der Waals surface area contributed by atoms with E-state index in [0.29, 0.717) is 0 Å². The molecule has 0 saturated heterocycles. The first-order valence-electron chi connectivity index (χ1n) is 4.34. The van der Waals surface area contributed by atoms with Crippen LogP contribution in [0.25, 0.3) is 0 Å². The van der Waals surface area contributed by atoms with Crippen LogP contribution in [0.4, 0.5) is 0 Å². The maximum absolute atomic E-state index is 3.45. The highest BCUT2D eigenvalue weighted by Crippen LogP contribution is 2.11. The van der Waals surface area contributed by atoms with E-state index in [4.69, 9.17) is 0 Å². The van der Waals surface area contributed by atoms with Gasteiger partial charge in [0.05, 0.1) is 0 Å². The molecule has 0 bridgehead atoms. The van der Waals surface area contributed by atoms with Crippen molar-refractivity contribution in [2.75, 3.05) is 11.9 Å². The molecule has 0 radical (unpaired) electrons. The third-order valence-electron chi connectivity index (χ3n) is 1.71. The highest BCUT2D eigenvalue weighted by atomic mass is 79.9. The molecular weight excluding hydrogens is 294 g/mol. The zero-order valence-corrected chi connectivity index (χ0v) is 10.6. The third-order valence-corrected chi connectivity index (χ3v) is 2.76. The molecule has 1 rings (SSSR count). The van der Waals surface area contributed by atoms with Gasteiger partial charge in [0, 0.05) is 16.3 Å². The zero-order valence-electron chi connectivity index (χ0n) is 7.39. The van der Waals surface area contributed by atoms with Crippen molar-refractivity contribution in [1.82, 2.24) is 5.32 Å². The summed E-state index contributed by atoms with van der Waals surface area (Å²) in [5.41, 5.74) is 1.32. The summed E-state index contributed by atoms with van der Waals surface area (Å²) in [7, 11) is 0. The Balaban J connectivity index is 2.28. The molecule has 1 nitrogen and oxygen atoms in total. The third kappa shape index (κ3) is 4.79. The minimum atomic E-state index is 0.951. The van der Waals surface area contributed by atoms with Gasteiger partial charge in [-0.3, -0.25) is 0 Å². The molecule has 13 heavy (non-hydrogen) atoms. The number of benzene rings is 1. The molecule has 0 aliphatic carbocycles. The van der Waals surface area contributed by atoms with E-state index in [1.807, 2.05) is 6.07 Å². The van der Waals surface area contributed by atoms with E-state index in [1.54, 1.807) is 0 Å². The normalized spacial score (nSPS) is 10.3. The fourth-order valence-electron chi connectivity index (χ4n) is 1.07. The number of nitrogens with one attached hydrogen (secondary N) is 1. The summed E-state index contributed by atoms with van der Waals surface area (Å²) in [6.07, 6.45) is 1.17. The molecule has 0 atom stereocenters. The molecule has 0 aromatic heterocycles. The Hall–Kier alpha value is 0.140. The summed E-state index contributed by atoms with van der Waals surface area (Å²) >= 11 is 6.85. The number of hydrogen-bond donors (Lipinski definition) is 1. The van der Waals surface area contributed by atoms with Gasteiger partial charge in [0.2, 0.25) is 0 Å². The lowest BCUT2D eigenvalue weighted by Crippen LogP contribution is -2.14. The topological polar surface area (TPSA) is 12.0 Å². The Bertz CT molecular complexity index is 250. The lowest BCUT2D eigenvalue weighted by atomic mass is 10.2. The lowest BCUT2D eigenvalue weighted by Gasteiger charge is -2.03. The number of halogens is 2. The second-order valence-electron chi connectivity index (χ2n) is 2.85. The number of rotatable bonds is 5. The van der Waals surface area contributed by atoms with Crippen LogP contribution in [0, 0.1) is 0 Å². The molecule has 0 amide bonds. The molecule has 0 heterocycles. The second kappa shape index (κ2) is 6.57. The van der Waals surface area contributed by atoms with Crippen molar-refractivity contribution < 1.29 is 0 Å². The van der Waals surface area contributed by atoms with Gasteiger partial charge in [-0.25, -0.2) is 0 Å². The van der Waals surface area contributed by atoms with Gasteiger partial charge >= 0.3 is 0 Å². The summed E-state index contributed by atoms with van der Waals surface area (Å²) in [6, 6.07) is 8.38. The first-order chi connectivity index (χ1) is 6.33. The number of alkyl halides is 1. The van der Waals surface area contributed by atoms with E-state index < -0.39 is 0 Å². The predicted molar refractivity (Wildman–Crippen MR) is 64.3 cm³/mol. The van der Waals surface area contributed by atoms with Gasteiger partial charge in [-0.2, -0.15) is 0 Å². The van der Waals surface area contributed by atoms with Crippen LogP contribution in [0.5, 0.6) is 0 Å². The first-order valence-corrected chi connectivity index (χ1v) is 6.25. The van der Waals surface area contributed by atoms with Crippen LogP contribution in [0.15, 0.2) is 28.7 Å². The lowest BCUT2D eigenvalue weighted by molar-refractivity contribution is 0.680. The summed E-state index contributed by atoms with van der Waals surface area (Å²) < 4.78 is 1.15. The van der Waals surface area contributed by atoms with Gasteiger partial charge in [0.25, 0.3) is 0 Å². The minimum Gasteiger partial charge on any atom is -0.313 e. The van der Waals surface area contributed by atoms with Crippen LogP contribution >= 0.6 is 31.9 Å². The second-order valence-corrected chi connectivity index (χ2v) is 4.56. The van der Waals surface area contributed by atoms with Crippen molar-refractivity contribution in [3.8, 4) is 0 Å². The predicted octanol–water partition coefficient (Wildman–Crippen LogP) is 3.32.